The maximum Gasteiger partial charge on any atom is 0.292 e. The van der Waals surface area contributed by atoms with Gasteiger partial charge in [0.25, 0.3) is 5.69 Å². The largest absolute Gasteiger partial charge is 0.392 e. The van der Waals surface area contributed by atoms with Gasteiger partial charge in [0, 0.05) is 24.2 Å². The van der Waals surface area contributed by atoms with Crippen molar-refractivity contribution >= 4 is 11.4 Å². The van der Waals surface area contributed by atoms with Crippen molar-refractivity contribution < 1.29 is 10.0 Å². The average Bonchev–Trinajstić information content (AvgIpc) is 3.02. The first kappa shape index (κ1) is 18.6. The van der Waals surface area contributed by atoms with Gasteiger partial charge in [-0.1, -0.05) is 18.2 Å². The van der Waals surface area contributed by atoms with Gasteiger partial charge in [0.05, 0.1) is 22.9 Å². The van der Waals surface area contributed by atoms with Gasteiger partial charge in [-0.25, -0.2) is 4.68 Å². The molecule has 0 amide bonds. The van der Waals surface area contributed by atoms with Crippen LogP contribution in [0, 0.1) is 17.0 Å². The Bertz CT molecular complexity index is 938. The normalized spacial score (nSPS) is 12.0. The molecule has 0 radical (unpaired) electrons. The van der Waals surface area contributed by atoms with Crippen LogP contribution in [0.25, 0.3) is 5.69 Å². The summed E-state index contributed by atoms with van der Waals surface area (Å²) in [6.45, 7) is 3.74. The number of nitrogens with zero attached hydrogens (tertiary/aromatic N) is 3. The molecule has 3 aromatic rings. The quantitative estimate of drug-likeness (QED) is 0.492. The maximum absolute atomic E-state index is 11.3. The number of aromatic nitrogens is 2. The Morgan fingerprint density at radius 1 is 1.22 bits per heavy atom. The first-order valence-corrected chi connectivity index (χ1v) is 8.73. The van der Waals surface area contributed by atoms with E-state index in [0.29, 0.717) is 17.7 Å². The van der Waals surface area contributed by atoms with Gasteiger partial charge in [-0.3, -0.25) is 10.1 Å². The van der Waals surface area contributed by atoms with Crippen molar-refractivity contribution in [1.82, 2.24) is 9.78 Å². The van der Waals surface area contributed by atoms with Crippen molar-refractivity contribution in [3.63, 3.8) is 0 Å². The Hall–Kier alpha value is -3.19. The zero-order valence-electron chi connectivity index (χ0n) is 15.3. The molecule has 0 spiro atoms. The van der Waals surface area contributed by atoms with E-state index in [-0.39, 0.29) is 18.3 Å². The van der Waals surface area contributed by atoms with Crippen LogP contribution in [0.4, 0.5) is 11.4 Å². The number of hydrogen-bond acceptors (Lipinski definition) is 5. The summed E-state index contributed by atoms with van der Waals surface area (Å²) in [5.74, 6) is 0. The number of aryl methyl sites for hydroxylation is 1. The first-order valence-electron chi connectivity index (χ1n) is 8.73. The van der Waals surface area contributed by atoms with E-state index in [4.69, 9.17) is 0 Å². The SMILES string of the molecule is Cc1cc(CC(C)Nc2cc(CO)ccc2[N+](=O)[O-])n(-c2ccccc2)n1. The first-order chi connectivity index (χ1) is 13.0. The average molecular weight is 366 g/mol. The summed E-state index contributed by atoms with van der Waals surface area (Å²) in [6, 6.07) is 16.4. The van der Waals surface area contributed by atoms with Crippen LogP contribution in [0.1, 0.15) is 23.9 Å². The fourth-order valence-electron chi connectivity index (χ4n) is 3.08. The van der Waals surface area contributed by atoms with Crippen molar-refractivity contribution in [3.05, 3.63) is 81.7 Å². The second-order valence-corrected chi connectivity index (χ2v) is 6.54. The van der Waals surface area contributed by atoms with Crippen LogP contribution in [-0.4, -0.2) is 25.9 Å². The third-order valence-electron chi connectivity index (χ3n) is 4.26. The summed E-state index contributed by atoms with van der Waals surface area (Å²) in [5.41, 5.74) is 3.92. The molecule has 0 fully saturated rings. The number of benzene rings is 2. The highest BCUT2D eigenvalue weighted by Gasteiger charge is 2.18. The lowest BCUT2D eigenvalue weighted by Crippen LogP contribution is -2.20. The Balaban J connectivity index is 1.83. The van der Waals surface area contributed by atoms with Gasteiger partial charge < -0.3 is 10.4 Å². The van der Waals surface area contributed by atoms with E-state index in [1.165, 1.54) is 6.07 Å². The number of rotatable bonds is 7. The lowest BCUT2D eigenvalue weighted by molar-refractivity contribution is -0.384. The Morgan fingerprint density at radius 2 is 1.96 bits per heavy atom. The second-order valence-electron chi connectivity index (χ2n) is 6.54. The topological polar surface area (TPSA) is 93.2 Å². The van der Waals surface area contributed by atoms with Crippen LogP contribution < -0.4 is 5.32 Å². The van der Waals surface area contributed by atoms with Gasteiger partial charge in [0.2, 0.25) is 0 Å². The minimum atomic E-state index is -0.422. The van der Waals surface area contributed by atoms with Crippen LogP contribution in [0.15, 0.2) is 54.6 Å². The van der Waals surface area contributed by atoms with Gasteiger partial charge in [-0.2, -0.15) is 5.10 Å². The third kappa shape index (κ3) is 4.32. The molecule has 140 valence electrons. The molecular weight excluding hydrogens is 344 g/mol. The zero-order valence-corrected chi connectivity index (χ0v) is 15.3. The number of anilines is 1. The molecule has 7 nitrogen and oxygen atoms in total. The number of nitrogens with one attached hydrogen (secondary N) is 1. The van der Waals surface area contributed by atoms with Gasteiger partial charge in [-0.15, -0.1) is 0 Å². The van der Waals surface area contributed by atoms with Crippen molar-refractivity contribution in [1.29, 1.82) is 0 Å². The molecule has 0 bridgehead atoms. The number of aliphatic hydroxyl groups is 1. The number of nitro groups is 1. The monoisotopic (exact) mass is 366 g/mol. The fraction of sp³-hybridized carbons (Fsp3) is 0.250. The summed E-state index contributed by atoms with van der Waals surface area (Å²) < 4.78 is 1.89. The van der Waals surface area contributed by atoms with E-state index in [0.717, 1.165) is 17.1 Å². The minimum Gasteiger partial charge on any atom is -0.392 e. The molecule has 1 unspecified atom stereocenters. The summed E-state index contributed by atoms with van der Waals surface area (Å²) in [5, 5.41) is 28.4. The van der Waals surface area contributed by atoms with E-state index < -0.39 is 4.92 Å². The summed E-state index contributed by atoms with van der Waals surface area (Å²) in [4.78, 5) is 10.9. The van der Waals surface area contributed by atoms with Gasteiger partial charge in [0.15, 0.2) is 0 Å². The molecule has 2 aromatic carbocycles. The standard InChI is InChI=1S/C20H22N4O3/c1-14(21-19-12-16(13-25)8-9-20(19)24(26)27)10-18-11-15(2)22-23(18)17-6-4-3-5-7-17/h3-9,11-12,14,21,25H,10,13H2,1-2H3. The number of aliphatic hydroxyl groups excluding tert-OH is 1. The van der Waals surface area contributed by atoms with Crippen molar-refractivity contribution in [3.8, 4) is 5.69 Å². The predicted octanol–water partition coefficient (Wildman–Crippen LogP) is 3.62. The molecule has 1 aromatic heterocycles. The van der Waals surface area contributed by atoms with Crippen LogP contribution in [0.5, 0.6) is 0 Å². The highest BCUT2D eigenvalue weighted by molar-refractivity contribution is 5.63. The smallest absolute Gasteiger partial charge is 0.292 e. The van der Waals surface area contributed by atoms with Crippen LogP contribution in [-0.2, 0) is 13.0 Å². The highest BCUT2D eigenvalue weighted by Crippen LogP contribution is 2.27. The molecule has 7 heteroatoms. The number of para-hydroxylation sites is 1. The van der Waals surface area contributed by atoms with E-state index in [1.54, 1.807) is 12.1 Å². The molecule has 3 rings (SSSR count). The number of nitro benzene ring substituents is 1. The minimum absolute atomic E-state index is 0.00759. The molecule has 1 atom stereocenters. The van der Waals surface area contributed by atoms with Crippen LogP contribution in [0.3, 0.4) is 0 Å². The Labute approximate surface area is 157 Å². The molecule has 0 saturated carbocycles. The van der Waals surface area contributed by atoms with Gasteiger partial charge >= 0.3 is 0 Å². The zero-order chi connectivity index (χ0) is 19.4. The molecule has 0 aliphatic carbocycles. The molecule has 27 heavy (non-hydrogen) atoms. The van der Waals surface area contributed by atoms with Crippen molar-refractivity contribution in [2.24, 2.45) is 0 Å². The lowest BCUT2D eigenvalue weighted by Gasteiger charge is -2.17. The number of hydrogen-bond donors (Lipinski definition) is 2. The Kier molecular flexibility index (Phi) is 5.52. The fourth-order valence-corrected chi connectivity index (χ4v) is 3.08. The van der Waals surface area contributed by atoms with Crippen LogP contribution in [0.2, 0.25) is 0 Å². The van der Waals surface area contributed by atoms with Crippen molar-refractivity contribution in [2.45, 2.75) is 32.9 Å². The maximum atomic E-state index is 11.3. The van der Waals surface area contributed by atoms with E-state index in [1.807, 2.05) is 54.9 Å². The summed E-state index contributed by atoms with van der Waals surface area (Å²) in [7, 11) is 0. The van der Waals surface area contributed by atoms with E-state index in [9.17, 15) is 15.2 Å². The Morgan fingerprint density at radius 3 is 2.63 bits per heavy atom. The van der Waals surface area contributed by atoms with E-state index >= 15 is 0 Å². The lowest BCUT2D eigenvalue weighted by atomic mass is 10.1. The van der Waals surface area contributed by atoms with Gasteiger partial charge in [-0.05, 0) is 49.7 Å². The highest BCUT2D eigenvalue weighted by atomic mass is 16.6. The van der Waals surface area contributed by atoms with E-state index in [2.05, 4.69) is 10.4 Å². The molecular formula is C20H22N4O3. The predicted molar refractivity (Wildman–Crippen MR) is 104 cm³/mol. The van der Waals surface area contributed by atoms with Crippen molar-refractivity contribution in [2.75, 3.05) is 5.32 Å². The van der Waals surface area contributed by atoms with Crippen LogP contribution >= 0.6 is 0 Å². The molecule has 1 heterocycles. The molecule has 0 aliphatic rings. The van der Waals surface area contributed by atoms with Gasteiger partial charge in [0.1, 0.15) is 5.69 Å². The summed E-state index contributed by atoms with van der Waals surface area (Å²) >= 11 is 0. The molecule has 0 saturated heterocycles. The molecule has 0 aliphatic heterocycles. The summed E-state index contributed by atoms with van der Waals surface area (Å²) in [6.07, 6.45) is 0.635. The third-order valence-corrected chi connectivity index (χ3v) is 4.26. The molecule has 2 N–H and O–H groups in total. The second kappa shape index (κ2) is 8.01.